The van der Waals surface area contributed by atoms with Crippen molar-refractivity contribution in [1.82, 2.24) is 4.98 Å². The fraction of sp³-hybridized carbons (Fsp3) is 0.600. The van der Waals surface area contributed by atoms with Crippen LogP contribution in [0.25, 0.3) is 0 Å². The number of nitrogens with one attached hydrogen (secondary N) is 1. The van der Waals surface area contributed by atoms with Crippen molar-refractivity contribution in [1.29, 1.82) is 0 Å². The Morgan fingerprint density at radius 1 is 1.47 bits per heavy atom. The first kappa shape index (κ1) is 14.0. The molecular weight excluding hydrogens is 240 g/mol. The van der Waals surface area contributed by atoms with Gasteiger partial charge in [0, 0.05) is 5.69 Å². The van der Waals surface area contributed by atoms with Crippen LogP contribution in [-0.2, 0) is 9.53 Å². The summed E-state index contributed by atoms with van der Waals surface area (Å²) in [7, 11) is 0. The molecule has 1 aromatic heterocycles. The lowest BCUT2D eigenvalue weighted by Crippen LogP contribution is -2.33. The highest BCUT2D eigenvalue weighted by atomic mass is 16.5. The van der Waals surface area contributed by atoms with Crippen molar-refractivity contribution in [3.05, 3.63) is 23.9 Å². The van der Waals surface area contributed by atoms with Crippen molar-refractivity contribution < 1.29 is 9.53 Å². The lowest BCUT2D eigenvalue weighted by Gasteiger charge is -2.20. The zero-order valence-electron chi connectivity index (χ0n) is 11.7. The summed E-state index contributed by atoms with van der Waals surface area (Å²) in [6.45, 7) is 3.88. The number of pyridine rings is 1. The standard InChI is InChI=1S/C15H22N2O2/c1-3-13(19-12-8-4-5-9-12)15(18)17-14-10-6-7-11(2)16-14/h6-7,10,12-13H,3-5,8-9H2,1-2H3,(H,16,17,18). The Morgan fingerprint density at radius 3 is 2.84 bits per heavy atom. The molecule has 19 heavy (non-hydrogen) atoms. The molecule has 0 saturated heterocycles. The molecule has 0 radical (unpaired) electrons. The topological polar surface area (TPSA) is 51.2 Å². The summed E-state index contributed by atoms with van der Waals surface area (Å²) in [4.78, 5) is 16.4. The van der Waals surface area contributed by atoms with E-state index in [0.717, 1.165) is 18.5 Å². The molecule has 104 valence electrons. The molecule has 2 rings (SSSR count). The van der Waals surface area contributed by atoms with Crippen LogP contribution in [0.3, 0.4) is 0 Å². The number of hydrogen-bond donors (Lipinski definition) is 1. The van der Waals surface area contributed by atoms with Crippen LogP contribution >= 0.6 is 0 Å². The Kier molecular flexibility index (Phi) is 4.91. The molecule has 4 nitrogen and oxygen atoms in total. The van der Waals surface area contributed by atoms with Gasteiger partial charge in [0.15, 0.2) is 0 Å². The van der Waals surface area contributed by atoms with Gasteiger partial charge in [0.05, 0.1) is 6.10 Å². The Bertz CT molecular complexity index is 428. The van der Waals surface area contributed by atoms with Gasteiger partial charge in [0.25, 0.3) is 5.91 Å². The van der Waals surface area contributed by atoms with Crippen LogP contribution in [0.5, 0.6) is 0 Å². The number of rotatable bonds is 5. The molecule has 0 bridgehead atoms. The zero-order valence-corrected chi connectivity index (χ0v) is 11.7. The first-order valence-electron chi connectivity index (χ1n) is 7.09. The summed E-state index contributed by atoms with van der Waals surface area (Å²) in [5, 5.41) is 2.83. The van der Waals surface area contributed by atoms with Gasteiger partial charge in [0.1, 0.15) is 11.9 Å². The fourth-order valence-electron chi connectivity index (χ4n) is 2.42. The predicted molar refractivity (Wildman–Crippen MR) is 75.0 cm³/mol. The Balaban J connectivity index is 1.92. The van der Waals surface area contributed by atoms with Crippen LogP contribution in [0.15, 0.2) is 18.2 Å². The van der Waals surface area contributed by atoms with Gasteiger partial charge in [-0.3, -0.25) is 4.79 Å². The summed E-state index contributed by atoms with van der Waals surface area (Å²) in [5.41, 5.74) is 0.891. The molecule has 1 fully saturated rings. The van der Waals surface area contributed by atoms with Gasteiger partial charge >= 0.3 is 0 Å². The Labute approximate surface area is 114 Å². The van der Waals surface area contributed by atoms with Crippen LogP contribution in [0.2, 0.25) is 0 Å². The number of ether oxygens (including phenoxy) is 1. The highest BCUT2D eigenvalue weighted by molar-refractivity contribution is 5.93. The predicted octanol–water partition coefficient (Wildman–Crippen LogP) is 3.07. The van der Waals surface area contributed by atoms with Crippen LogP contribution < -0.4 is 5.32 Å². The molecule has 1 N–H and O–H groups in total. The summed E-state index contributed by atoms with van der Waals surface area (Å²) in [6.07, 6.45) is 5.14. The van der Waals surface area contributed by atoms with E-state index in [4.69, 9.17) is 4.74 Å². The summed E-state index contributed by atoms with van der Waals surface area (Å²) in [6, 6.07) is 5.59. The monoisotopic (exact) mass is 262 g/mol. The third-order valence-electron chi connectivity index (χ3n) is 3.46. The van der Waals surface area contributed by atoms with E-state index < -0.39 is 0 Å². The SMILES string of the molecule is CCC(OC1CCCC1)C(=O)Nc1cccc(C)n1. The van der Waals surface area contributed by atoms with Crippen molar-refractivity contribution in [2.45, 2.75) is 58.2 Å². The third kappa shape index (κ3) is 4.03. The summed E-state index contributed by atoms with van der Waals surface area (Å²) in [5.74, 6) is 0.506. The molecular formula is C15H22N2O2. The molecule has 1 aliphatic carbocycles. The van der Waals surface area contributed by atoms with Crippen LogP contribution in [0.1, 0.15) is 44.7 Å². The van der Waals surface area contributed by atoms with Gasteiger partial charge in [0.2, 0.25) is 0 Å². The molecule has 1 atom stereocenters. The Morgan fingerprint density at radius 2 is 2.21 bits per heavy atom. The summed E-state index contributed by atoms with van der Waals surface area (Å²) >= 11 is 0. The number of hydrogen-bond acceptors (Lipinski definition) is 3. The van der Waals surface area contributed by atoms with Crippen LogP contribution in [0.4, 0.5) is 5.82 Å². The molecule has 0 aromatic carbocycles. The van der Waals surface area contributed by atoms with E-state index in [1.165, 1.54) is 12.8 Å². The van der Waals surface area contributed by atoms with E-state index in [1.54, 1.807) is 6.07 Å². The van der Waals surface area contributed by atoms with E-state index in [1.807, 2.05) is 26.0 Å². The molecule has 1 heterocycles. The third-order valence-corrected chi connectivity index (χ3v) is 3.46. The number of carbonyl (C=O) groups is 1. The van der Waals surface area contributed by atoms with Crippen molar-refractivity contribution in [3.63, 3.8) is 0 Å². The lowest BCUT2D eigenvalue weighted by molar-refractivity contribution is -0.131. The smallest absolute Gasteiger partial charge is 0.254 e. The maximum atomic E-state index is 12.2. The maximum Gasteiger partial charge on any atom is 0.254 e. The van der Waals surface area contributed by atoms with Crippen molar-refractivity contribution in [2.75, 3.05) is 5.32 Å². The molecule has 1 unspecified atom stereocenters. The van der Waals surface area contributed by atoms with E-state index in [0.29, 0.717) is 12.2 Å². The zero-order chi connectivity index (χ0) is 13.7. The Hall–Kier alpha value is -1.42. The van der Waals surface area contributed by atoms with Crippen LogP contribution in [-0.4, -0.2) is 23.1 Å². The van der Waals surface area contributed by atoms with Gasteiger partial charge in [-0.05, 0) is 38.3 Å². The van der Waals surface area contributed by atoms with E-state index >= 15 is 0 Å². The molecule has 4 heteroatoms. The first-order chi connectivity index (χ1) is 9.19. The van der Waals surface area contributed by atoms with Crippen molar-refractivity contribution >= 4 is 11.7 Å². The minimum Gasteiger partial charge on any atom is -0.365 e. The van der Waals surface area contributed by atoms with Gasteiger partial charge < -0.3 is 10.1 Å². The molecule has 1 saturated carbocycles. The number of nitrogens with zero attached hydrogens (tertiary/aromatic N) is 1. The molecule has 0 spiro atoms. The maximum absolute atomic E-state index is 12.2. The van der Waals surface area contributed by atoms with Gasteiger partial charge in [-0.25, -0.2) is 4.98 Å². The van der Waals surface area contributed by atoms with Gasteiger partial charge in [-0.2, -0.15) is 0 Å². The van der Waals surface area contributed by atoms with Crippen molar-refractivity contribution in [2.24, 2.45) is 0 Å². The van der Waals surface area contributed by atoms with Gasteiger partial charge in [-0.1, -0.05) is 25.8 Å². The van der Waals surface area contributed by atoms with Crippen LogP contribution in [0, 0.1) is 6.92 Å². The average Bonchev–Trinajstić information content (AvgIpc) is 2.88. The highest BCUT2D eigenvalue weighted by Gasteiger charge is 2.24. The number of aromatic nitrogens is 1. The normalized spacial score (nSPS) is 17.4. The van der Waals surface area contributed by atoms with E-state index in [9.17, 15) is 4.79 Å². The minimum absolute atomic E-state index is 0.0903. The molecule has 1 amide bonds. The molecule has 1 aliphatic rings. The molecule has 0 aliphatic heterocycles. The first-order valence-corrected chi connectivity index (χ1v) is 7.09. The number of carbonyl (C=O) groups excluding carboxylic acids is 1. The number of anilines is 1. The van der Waals surface area contributed by atoms with E-state index in [2.05, 4.69) is 10.3 Å². The number of aryl methyl sites for hydroxylation is 1. The second-order valence-electron chi connectivity index (χ2n) is 5.09. The largest absolute Gasteiger partial charge is 0.365 e. The van der Waals surface area contributed by atoms with E-state index in [-0.39, 0.29) is 18.1 Å². The van der Waals surface area contributed by atoms with Crippen molar-refractivity contribution in [3.8, 4) is 0 Å². The average molecular weight is 262 g/mol. The fourth-order valence-corrected chi connectivity index (χ4v) is 2.42. The molecule has 1 aromatic rings. The second kappa shape index (κ2) is 6.66. The lowest BCUT2D eigenvalue weighted by atomic mass is 10.2. The number of amides is 1. The minimum atomic E-state index is -0.370. The quantitative estimate of drug-likeness (QED) is 0.887. The summed E-state index contributed by atoms with van der Waals surface area (Å²) < 4.78 is 5.88. The highest BCUT2D eigenvalue weighted by Crippen LogP contribution is 2.23. The second-order valence-corrected chi connectivity index (χ2v) is 5.09. The van der Waals surface area contributed by atoms with Gasteiger partial charge in [-0.15, -0.1) is 0 Å².